The number of hydrogen-bond acceptors (Lipinski definition) is 7. The van der Waals surface area contributed by atoms with Crippen molar-refractivity contribution in [1.82, 2.24) is 20.2 Å². The van der Waals surface area contributed by atoms with Gasteiger partial charge < -0.3 is 19.9 Å². The fourth-order valence-electron chi connectivity index (χ4n) is 2.30. The molecule has 1 aliphatic heterocycles. The zero-order valence-corrected chi connectivity index (χ0v) is 11.7. The van der Waals surface area contributed by atoms with E-state index in [1.807, 2.05) is 12.1 Å². The Hall–Kier alpha value is -2.19. The van der Waals surface area contributed by atoms with Crippen molar-refractivity contribution in [2.75, 3.05) is 32.7 Å². The van der Waals surface area contributed by atoms with Crippen LogP contribution in [0.1, 0.15) is 0 Å². The highest BCUT2D eigenvalue weighted by atomic mass is 16.6. The van der Waals surface area contributed by atoms with Gasteiger partial charge >= 0.3 is 0 Å². The highest BCUT2D eigenvalue weighted by Crippen LogP contribution is 2.33. The van der Waals surface area contributed by atoms with Gasteiger partial charge in [0.05, 0.1) is 39.0 Å². The van der Waals surface area contributed by atoms with Crippen molar-refractivity contribution < 1.29 is 14.2 Å². The second-order valence-corrected chi connectivity index (χ2v) is 4.68. The van der Waals surface area contributed by atoms with E-state index in [0.717, 1.165) is 0 Å². The van der Waals surface area contributed by atoms with Gasteiger partial charge in [0, 0.05) is 5.69 Å². The molecule has 3 rings (SSSR count). The van der Waals surface area contributed by atoms with E-state index < -0.39 is 0 Å². The first-order valence-corrected chi connectivity index (χ1v) is 6.68. The molecule has 1 aromatic carbocycles. The molecule has 2 aromatic rings. The summed E-state index contributed by atoms with van der Waals surface area (Å²) in [7, 11) is 1.59. The normalized spacial score (nSPS) is 18.6. The first-order valence-electron chi connectivity index (χ1n) is 6.68. The van der Waals surface area contributed by atoms with Crippen LogP contribution in [-0.2, 0) is 16.0 Å². The van der Waals surface area contributed by atoms with Crippen LogP contribution in [0, 0.1) is 0 Å². The Morgan fingerprint density at radius 3 is 3.10 bits per heavy atom. The summed E-state index contributed by atoms with van der Waals surface area (Å²) < 4.78 is 18.0. The van der Waals surface area contributed by atoms with E-state index in [-0.39, 0.29) is 6.10 Å². The quantitative estimate of drug-likeness (QED) is 0.811. The minimum Gasteiger partial charge on any atom is -0.496 e. The van der Waals surface area contributed by atoms with E-state index in [4.69, 9.17) is 19.9 Å². The number of rotatable bonds is 4. The predicted molar refractivity (Wildman–Crippen MR) is 74.8 cm³/mol. The molecule has 1 fully saturated rings. The van der Waals surface area contributed by atoms with Crippen LogP contribution in [0.2, 0.25) is 0 Å². The summed E-state index contributed by atoms with van der Waals surface area (Å²) in [5.41, 5.74) is 7.29. The number of aromatic nitrogens is 4. The average Bonchev–Trinajstić information content (AvgIpc) is 2.95. The molecule has 1 saturated heterocycles. The van der Waals surface area contributed by atoms with Crippen LogP contribution < -0.4 is 10.5 Å². The van der Waals surface area contributed by atoms with Gasteiger partial charge in [-0.2, -0.15) is 0 Å². The Kier molecular flexibility index (Phi) is 3.98. The van der Waals surface area contributed by atoms with Crippen LogP contribution in [0.15, 0.2) is 18.2 Å². The van der Waals surface area contributed by atoms with Crippen LogP contribution in [0.25, 0.3) is 11.4 Å². The van der Waals surface area contributed by atoms with Gasteiger partial charge in [-0.15, -0.1) is 5.10 Å². The van der Waals surface area contributed by atoms with Crippen molar-refractivity contribution >= 4 is 5.69 Å². The molecule has 1 unspecified atom stereocenters. The minimum atomic E-state index is -0.0723. The zero-order chi connectivity index (χ0) is 14.7. The van der Waals surface area contributed by atoms with Crippen molar-refractivity contribution in [3.8, 4) is 17.1 Å². The molecule has 2 N–H and O–H groups in total. The fraction of sp³-hybridized carbons (Fsp3) is 0.462. The maximum absolute atomic E-state index is 6.05. The predicted octanol–water partition coefficient (Wildman–Crippen LogP) is 0.346. The third kappa shape index (κ3) is 2.81. The van der Waals surface area contributed by atoms with Crippen molar-refractivity contribution in [3.63, 3.8) is 0 Å². The molecule has 21 heavy (non-hydrogen) atoms. The number of hydrogen-bond donors (Lipinski definition) is 1. The van der Waals surface area contributed by atoms with E-state index >= 15 is 0 Å². The van der Waals surface area contributed by atoms with Gasteiger partial charge in [0.15, 0.2) is 5.82 Å². The SMILES string of the molecule is COc1cccc(N)c1-c1nnnn1CC1COCCO1. The summed E-state index contributed by atoms with van der Waals surface area (Å²) in [6.45, 7) is 2.23. The lowest BCUT2D eigenvalue weighted by molar-refractivity contribution is -0.0946. The first-order chi connectivity index (χ1) is 10.3. The Morgan fingerprint density at radius 1 is 1.43 bits per heavy atom. The number of nitrogens with zero attached hydrogens (tertiary/aromatic N) is 4. The molecule has 1 atom stereocenters. The Balaban J connectivity index is 1.91. The molecular weight excluding hydrogens is 274 g/mol. The summed E-state index contributed by atoms with van der Waals surface area (Å²) in [5, 5.41) is 11.8. The van der Waals surface area contributed by atoms with Crippen LogP contribution in [0.4, 0.5) is 5.69 Å². The molecule has 1 aliphatic rings. The Morgan fingerprint density at radius 2 is 2.33 bits per heavy atom. The van der Waals surface area contributed by atoms with E-state index in [1.165, 1.54) is 0 Å². The van der Waals surface area contributed by atoms with Crippen molar-refractivity contribution in [2.45, 2.75) is 12.6 Å². The van der Waals surface area contributed by atoms with Crippen LogP contribution in [-0.4, -0.2) is 53.2 Å². The number of tetrazole rings is 1. The molecule has 0 spiro atoms. The van der Waals surface area contributed by atoms with Crippen molar-refractivity contribution in [3.05, 3.63) is 18.2 Å². The topological polar surface area (TPSA) is 97.3 Å². The van der Waals surface area contributed by atoms with Gasteiger partial charge in [-0.05, 0) is 22.6 Å². The second-order valence-electron chi connectivity index (χ2n) is 4.68. The van der Waals surface area contributed by atoms with Crippen molar-refractivity contribution in [2.24, 2.45) is 0 Å². The average molecular weight is 291 g/mol. The number of methoxy groups -OCH3 is 1. The van der Waals surface area contributed by atoms with Crippen molar-refractivity contribution in [1.29, 1.82) is 0 Å². The van der Waals surface area contributed by atoms with E-state index in [0.29, 0.717) is 49.2 Å². The molecule has 8 nitrogen and oxygen atoms in total. The van der Waals surface area contributed by atoms with Crippen LogP contribution in [0.5, 0.6) is 5.75 Å². The maximum Gasteiger partial charge on any atom is 0.187 e. The zero-order valence-electron chi connectivity index (χ0n) is 11.7. The second kappa shape index (κ2) is 6.06. The molecule has 1 aromatic heterocycles. The number of nitrogen functional groups attached to an aromatic ring is 1. The fourth-order valence-corrected chi connectivity index (χ4v) is 2.30. The third-order valence-corrected chi connectivity index (χ3v) is 3.30. The molecule has 0 aliphatic carbocycles. The molecule has 2 heterocycles. The van der Waals surface area contributed by atoms with E-state index in [1.54, 1.807) is 17.9 Å². The number of anilines is 1. The maximum atomic E-state index is 6.05. The molecule has 8 heteroatoms. The lowest BCUT2D eigenvalue weighted by Gasteiger charge is -2.23. The van der Waals surface area contributed by atoms with Gasteiger partial charge in [-0.3, -0.25) is 0 Å². The van der Waals surface area contributed by atoms with Gasteiger partial charge in [0.25, 0.3) is 0 Å². The van der Waals surface area contributed by atoms with E-state index in [9.17, 15) is 0 Å². The molecule has 0 amide bonds. The Bertz CT molecular complexity index is 610. The van der Waals surface area contributed by atoms with Crippen LogP contribution >= 0.6 is 0 Å². The molecular formula is C13H17N5O3. The Labute approximate surface area is 121 Å². The number of ether oxygens (including phenoxy) is 3. The molecule has 0 bridgehead atoms. The lowest BCUT2D eigenvalue weighted by Crippen LogP contribution is -2.32. The largest absolute Gasteiger partial charge is 0.496 e. The van der Waals surface area contributed by atoms with E-state index in [2.05, 4.69) is 15.5 Å². The first kappa shape index (κ1) is 13.8. The summed E-state index contributed by atoms with van der Waals surface area (Å²) in [6, 6.07) is 5.44. The number of benzene rings is 1. The van der Waals surface area contributed by atoms with Gasteiger partial charge in [0.1, 0.15) is 11.9 Å². The monoisotopic (exact) mass is 291 g/mol. The standard InChI is InChI=1S/C13H17N5O3/c1-19-11-4-2-3-10(14)12(11)13-15-16-17-18(13)7-9-8-20-5-6-21-9/h2-4,9H,5-8,14H2,1H3. The van der Waals surface area contributed by atoms with Gasteiger partial charge in [-0.25, -0.2) is 4.68 Å². The smallest absolute Gasteiger partial charge is 0.187 e. The van der Waals surface area contributed by atoms with Gasteiger partial charge in [0.2, 0.25) is 0 Å². The van der Waals surface area contributed by atoms with Crippen LogP contribution in [0.3, 0.4) is 0 Å². The molecule has 0 radical (unpaired) electrons. The highest BCUT2D eigenvalue weighted by Gasteiger charge is 2.21. The third-order valence-electron chi connectivity index (χ3n) is 3.30. The molecule has 0 saturated carbocycles. The summed E-state index contributed by atoms with van der Waals surface area (Å²) in [4.78, 5) is 0. The minimum absolute atomic E-state index is 0.0723. The van der Waals surface area contributed by atoms with Gasteiger partial charge in [-0.1, -0.05) is 6.07 Å². The summed E-state index contributed by atoms with van der Waals surface area (Å²) in [6.07, 6.45) is -0.0723. The summed E-state index contributed by atoms with van der Waals surface area (Å²) in [5.74, 6) is 1.19. The number of nitrogens with two attached hydrogens (primary N) is 1. The molecule has 112 valence electrons. The highest BCUT2D eigenvalue weighted by molar-refractivity contribution is 5.77. The lowest BCUT2D eigenvalue weighted by atomic mass is 10.1. The summed E-state index contributed by atoms with van der Waals surface area (Å²) >= 11 is 0.